The van der Waals surface area contributed by atoms with Gasteiger partial charge in [0.25, 0.3) is 5.91 Å². The van der Waals surface area contributed by atoms with Crippen LogP contribution < -0.4 is 4.74 Å². The first-order chi connectivity index (χ1) is 13.1. The molecule has 1 aliphatic carbocycles. The van der Waals surface area contributed by atoms with Gasteiger partial charge in [-0.1, -0.05) is 30.3 Å². The van der Waals surface area contributed by atoms with Gasteiger partial charge in [-0.05, 0) is 36.3 Å². The maximum atomic E-state index is 12.7. The van der Waals surface area contributed by atoms with Gasteiger partial charge in [0.05, 0.1) is 11.5 Å². The summed E-state index contributed by atoms with van der Waals surface area (Å²) in [5, 5.41) is 9.45. The fourth-order valence-electron chi connectivity index (χ4n) is 3.76. The smallest absolute Gasteiger partial charge is 0.308 e. The molecule has 0 radical (unpaired) electrons. The molecule has 140 valence electrons. The topological polar surface area (TPSA) is 79.7 Å². The summed E-state index contributed by atoms with van der Waals surface area (Å²) >= 11 is 0. The molecular formula is C21H22N2O4. The van der Waals surface area contributed by atoms with Gasteiger partial charge < -0.3 is 14.7 Å². The number of pyridine rings is 1. The quantitative estimate of drug-likeness (QED) is 0.850. The van der Waals surface area contributed by atoms with Crippen molar-refractivity contribution in [1.82, 2.24) is 9.88 Å². The zero-order valence-corrected chi connectivity index (χ0v) is 15.0. The predicted molar refractivity (Wildman–Crippen MR) is 98.3 cm³/mol. The molecule has 1 amide bonds. The first-order valence-electron chi connectivity index (χ1n) is 9.26. The van der Waals surface area contributed by atoms with Gasteiger partial charge in [-0.25, -0.2) is 4.98 Å². The van der Waals surface area contributed by atoms with Gasteiger partial charge in [0.1, 0.15) is 6.61 Å². The molecule has 1 N–H and O–H groups in total. The molecular weight excluding hydrogens is 344 g/mol. The number of hydrogen-bond donors (Lipinski definition) is 1. The van der Waals surface area contributed by atoms with E-state index in [1.807, 2.05) is 30.3 Å². The Balaban J connectivity index is 1.38. The number of benzene rings is 1. The maximum absolute atomic E-state index is 12.7. The Bertz CT molecular complexity index is 818. The number of amides is 1. The monoisotopic (exact) mass is 366 g/mol. The number of nitrogens with zero attached hydrogens (tertiary/aromatic N) is 2. The Morgan fingerprint density at radius 3 is 2.52 bits per heavy atom. The van der Waals surface area contributed by atoms with Gasteiger partial charge in [-0.2, -0.15) is 0 Å². The van der Waals surface area contributed by atoms with E-state index < -0.39 is 11.9 Å². The van der Waals surface area contributed by atoms with Crippen LogP contribution in [0.5, 0.6) is 5.88 Å². The number of carboxylic acid groups (broad SMARTS) is 1. The minimum atomic E-state index is -0.801. The minimum absolute atomic E-state index is 0.0767. The zero-order chi connectivity index (χ0) is 18.8. The fraction of sp³-hybridized carbons (Fsp3) is 0.381. The van der Waals surface area contributed by atoms with Crippen LogP contribution >= 0.6 is 0 Å². The molecule has 6 heteroatoms. The first kappa shape index (κ1) is 17.5. The molecule has 6 nitrogen and oxygen atoms in total. The second-order valence-corrected chi connectivity index (χ2v) is 7.32. The van der Waals surface area contributed by atoms with Crippen molar-refractivity contribution in [1.29, 1.82) is 0 Å². The second-order valence-electron chi connectivity index (χ2n) is 7.32. The van der Waals surface area contributed by atoms with E-state index in [-0.39, 0.29) is 18.4 Å². The molecule has 1 aliphatic heterocycles. The van der Waals surface area contributed by atoms with E-state index in [4.69, 9.17) is 4.74 Å². The summed E-state index contributed by atoms with van der Waals surface area (Å²) in [6.45, 7) is 1.21. The molecule has 0 unspecified atom stereocenters. The van der Waals surface area contributed by atoms with Crippen LogP contribution in [0.25, 0.3) is 0 Å². The minimum Gasteiger partial charge on any atom is -0.481 e. The second kappa shape index (κ2) is 7.39. The lowest BCUT2D eigenvalue weighted by molar-refractivity contribution is -0.142. The molecule has 2 fully saturated rings. The molecule has 1 saturated carbocycles. The number of hydrogen-bond acceptors (Lipinski definition) is 4. The van der Waals surface area contributed by atoms with Gasteiger partial charge in [0, 0.05) is 25.4 Å². The lowest BCUT2D eigenvalue weighted by Crippen LogP contribution is -2.30. The molecule has 4 rings (SSSR count). The Hall–Kier alpha value is -2.89. The van der Waals surface area contributed by atoms with Gasteiger partial charge in [-0.3, -0.25) is 9.59 Å². The van der Waals surface area contributed by atoms with Crippen LogP contribution in [0.2, 0.25) is 0 Å². The number of aromatic nitrogens is 1. The molecule has 0 spiro atoms. The van der Waals surface area contributed by atoms with Crippen LogP contribution in [0.1, 0.15) is 28.8 Å². The summed E-state index contributed by atoms with van der Waals surface area (Å²) in [5.74, 6) is -0.431. The highest BCUT2D eigenvalue weighted by Crippen LogP contribution is 2.44. The summed E-state index contributed by atoms with van der Waals surface area (Å²) < 4.78 is 5.64. The third kappa shape index (κ3) is 3.94. The van der Waals surface area contributed by atoms with Crippen molar-refractivity contribution in [2.75, 3.05) is 13.1 Å². The highest BCUT2D eigenvalue weighted by molar-refractivity contribution is 5.94. The highest BCUT2D eigenvalue weighted by atomic mass is 16.5. The highest BCUT2D eigenvalue weighted by Gasteiger charge is 2.46. The summed E-state index contributed by atoms with van der Waals surface area (Å²) in [6, 6.07) is 13.2. The summed E-state index contributed by atoms with van der Waals surface area (Å²) in [4.78, 5) is 30.1. The SMILES string of the molecule is O=C(O)[C@H]1CN(C(=O)c2ccc(OCc3ccccc3)nc2)C[C@@H]1C1CC1. The summed E-state index contributed by atoms with van der Waals surface area (Å²) in [6.07, 6.45) is 3.65. The van der Waals surface area contributed by atoms with Crippen LogP contribution in [0.15, 0.2) is 48.7 Å². The van der Waals surface area contributed by atoms with Crippen LogP contribution in [0.3, 0.4) is 0 Å². The fourth-order valence-corrected chi connectivity index (χ4v) is 3.76. The molecule has 1 aromatic heterocycles. The van der Waals surface area contributed by atoms with Crippen molar-refractivity contribution in [3.05, 3.63) is 59.8 Å². The molecule has 2 atom stereocenters. The number of carbonyl (C=O) groups excluding carboxylic acids is 1. The van der Waals surface area contributed by atoms with Gasteiger partial charge in [0.2, 0.25) is 5.88 Å². The molecule has 2 aromatic rings. The lowest BCUT2D eigenvalue weighted by atomic mass is 9.92. The average molecular weight is 366 g/mol. The van der Waals surface area contributed by atoms with Gasteiger partial charge in [0.15, 0.2) is 0 Å². The normalized spacial score (nSPS) is 21.9. The molecule has 1 aromatic carbocycles. The van der Waals surface area contributed by atoms with Crippen LogP contribution in [-0.4, -0.2) is 40.0 Å². The van der Waals surface area contributed by atoms with Gasteiger partial charge in [-0.15, -0.1) is 0 Å². The maximum Gasteiger partial charge on any atom is 0.308 e. The standard InChI is InChI=1S/C21H22N2O4/c24-20(23-11-17(15-6-7-15)18(12-23)21(25)26)16-8-9-19(22-10-16)27-13-14-4-2-1-3-5-14/h1-5,8-10,15,17-18H,6-7,11-13H2,(H,25,26)/t17-,18+/m1/s1. The van der Waals surface area contributed by atoms with Gasteiger partial charge >= 0.3 is 5.97 Å². The zero-order valence-electron chi connectivity index (χ0n) is 15.0. The van der Waals surface area contributed by atoms with E-state index in [0.717, 1.165) is 18.4 Å². The Kier molecular flexibility index (Phi) is 4.79. The molecule has 1 saturated heterocycles. The Labute approximate surface area is 157 Å². The van der Waals surface area contributed by atoms with Crippen LogP contribution in [-0.2, 0) is 11.4 Å². The van der Waals surface area contributed by atoms with E-state index in [2.05, 4.69) is 4.98 Å². The largest absolute Gasteiger partial charge is 0.481 e. The number of aliphatic carboxylic acids is 1. The summed E-state index contributed by atoms with van der Waals surface area (Å²) in [7, 11) is 0. The van der Waals surface area contributed by atoms with E-state index in [0.29, 0.717) is 30.5 Å². The predicted octanol–water partition coefficient (Wildman–Crippen LogP) is 2.84. The Morgan fingerprint density at radius 1 is 1.11 bits per heavy atom. The van der Waals surface area contributed by atoms with E-state index in [1.165, 1.54) is 6.20 Å². The first-order valence-corrected chi connectivity index (χ1v) is 9.26. The molecule has 0 bridgehead atoms. The molecule has 2 heterocycles. The number of carbonyl (C=O) groups is 2. The van der Waals surface area contributed by atoms with Crippen molar-refractivity contribution in [3.8, 4) is 5.88 Å². The van der Waals surface area contributed by atoms with E-state index in [1.54, 1.807) is 17.0 Å². The lowest BCUT2D eigenvalue weighted by Gasteiger charge is -2.16. The van der Waals surface area contributed by atoms with Crippen molar-refractivity contribution in [2.45, 2.75) is 19.4 Å². The van der Waals surface area contributed by atoms with Crippen LogP contribution in [0.4, 0.5) is 0 Å². The van der Waals surface area contributed by atoms with Crippen molar-refractivity contribution in [2.24, 2.45) is 17.8 Å². The van der Waals surface area contributed by atoms with Crippen molar-refractivity contribution >= 4 is 11.9 Å². The van der Waals surface area contributed by atoms with Crippen molar-refractivity contribution in [3.63, 3.8) is 0 Å². The molecule has 27 heavy (non-hydrogen) atoms. The van der Waals surface area contributed by atoms with E-state index in [9.17, 15) is 14.7 Å². The number of likely N-dealkylation sites (tertiary alicyclic amines) is 1. The van der Waals surface area contributed by atoms with Crippen LogP contribution in [0, 0.1) is 17.8 Å². The summed E-state index contributed by atoms with van der Waals surface area (Å²) in [5.41, 5.74) is 1.50. The Morgan fingerprint density at radius 2 is 1.89 bits per heavy atom. The number of carboxylic acids is 1. The average Bonchev–Trinajstić information content (AvgIpc) is 3.45. The van der Waals surface area contributed by atoms with Crippen molar-refractivity contribution < 1.29 is 19.4 Å². The number of rotatable bonds is 6. The molecule has 2 aliphatic rings. The third-order valence-electron chi connectivity index (χ3n) is 5.41. The third-order valence-corrected chi connectivity index (χ3v) is 5.41. The number of ether oxygens (including phenoxy) is 1. The van der Waals surface area contributed by atoms with E-state index >= 15 is 0 Å².